The zero-order chi connectivity index (χ0) is 13.8. The molecule has 0 bridgehead atoms. The van der Waals surface area contributed by atoms with Crippen LogP contribution in [0.5, 0.6) is 0 Å². The molecule has 0 radical (unpaired) electrons. The van der Waals surface area contributed by atoms with Crippen molar-refractivity contribution in [1.82, 2.24) is 5.32 Å². The molecule has 0 saturated heterocycles. The maximum Gasteiger partial charge on any atom is 0.233 e. The van der Waals surface area contributed by atoms with Crippen molar-refractivity contribution in [3.8, 4) is 0 Å². The molecule has 3 N–H and O–H groups in total. The maximum atomic E-state index is 12.1. The minimum absolute atomic E-state index is 0.0936. The molecule has 1 aromatic rings. The largest absolute Gasteiger partial charge is 0.392 e. The van der Waals surface area contributed by atoms with Gasteiger partial charge in [-0.3, -0.25) is 4.79 Å². The van der Waals surface area contributed by atoms with Gasteiger partial charge in [-0.2, -0.15) is 0 Å². The van der Waals surface area contributed by atoms with Crippen LogP contribution in [0.4, 0.5) is 0 Å². The molecule has 1 amide bonds. The summed E-state index contributed by atoms with van der Waals surface area (Å²) in [4.78, 5) is 14.8. The number of hydrogen-bond acceptors (Lipinski definition) is 3. The van der Waals surface area contributed by atoms with Crippen LogP contribution in [-0.4, -0.2) is 10.9 Å². The standard InChI is InChI=1S/C13H20N2OS2/c1-4-9-6-7-10(18-9)8-15-12(16)13(3,5-2)11(14)17/h6-7H,4-5,8H2,1-3H3,(H2,14,17)(H,15,16). The Morgan fingerprint density at radius 1 is 1.44 bits per heavy atom. The summed E-state index contributed by atoms with van der Waals surface area (Å²) >= 11 is 6.70. The van der Waals surface area contributed by atoms with Crippen LogP contribution in [0.1, 0.15) is 36.9 Å². The first kappa shape index (κ1) is 15.1. The molecule has 1 aromatic heterocycles. The van der Waals surface area contributed by atoms with Crippen LogP contribution in [-0.2, 0) is 17.8 Å². The second-order valence-electron chi connectivity index (χ2n) is 4.45. The molecule has 0 saturated carbocycles. The minimum Gasteiger partial charge on any atom is -0.392 e. The Hall–Kier alpha value is -0.940. The number of hydrogen-bond donors (Lipinski definition) is 2. The van der Waals surface area contributed by atoms with E-state index in [2.05, 4.69) is 18.3 Å². The summed E-state index contributed by atoms with van der Waals surface area (Å²) in [5, 5.41) is 2.91. The SMILES string of the molecule is CCc1ccc(CNC(=O)C(C)(CC)C(N)=S)s1. The van der Waals surface area contributed by atoms with E-state index in [0.29, 0.717) is 13.0 Å². The first-order valence-corrected chi connectivity index (χ1v) is 7.32. The van der Waals surface area contributed by atoms with Crippen LogP contribution in [0.3, 0.4) is 0 Å². The highest BCUT2D eigenvalue weighted by Crippen LogP contribution is 2.22. The van der Waals surface area contributed by atoms with Crippen LogP contribution in [0, 0.1) is 5.41 Å². The van der Waals surface area contributed by atoms with Crippen molar-refractivity contribution >= 4 is 34.5 Å². The number of thiocarbonyl (C=S) groups is 1. The van der Waals surface area contributed by atoms with Crippen LogP contribution < -0.4 is 11.1 Å². The van der Waals surface area contributed by atoms with E-state index in [1.807, 2.05) is 13.0 Å². The number of amides is 1. The van der Waals surface area contributed by atoms with Gasteiger partial charge < -0.3 is 11.1 Å². The Kier molecular flexibility index (Phi) is 5.28. The van der Waals surface area contributed by atoms with Crippen molar-refractivity contribution in [2.45, 2.75) is 40.2 Å². The lowest BCUT2D eigenvalue weighted by molar-refractivity contribution is -0.127. The predicted molar refractivity (Wildman–Crippen MR) is 80.7 cm³/mol. The maximum absolute atomic E-state index is 12.1. The molecule has 5 heteroatoms. The molecule has 3 nitrogen and oxygen atoms in total. The molecule has 0 fully saturated rings. The normalized spacial score (nSPS) is 13.9. The topological polar surface area (TPSA) is 55.1 Å². The smallest absolute Gasteiger partial charge is 0.233 e. The Morgan fingerprint density at radius 2 is 2.06 bits per heavy atom. The number of nitrogens with two attached hydrogens (primary N) is 1. The Bertz CT molecular complexity index is 442. The van der Waals surface area contributed by atoms with Gasteiger partial charge in [0.15, 0.2) is 0 Å². The molecule has 1 unspecified atom stereocenters. The number of carbonyl (C=O) groups excluding carboxylic acids is 1. The quantitative estimate of drug-likeness (QED) is 0.790. The van der Waals surface area contributed by atoms with E-state index in [0.717, 1.165) is 11.3 Å². The van der Waals surface area contributed by atoms with Crippen LogP contribution in [0.15, 0.2) is 12.1 Å². The Labute approximate surface area is 118 Å². The molecule has 1 rings (SSSR count). The summed E-state index contributed by atoms with van der Waals surface area (Å²) < 4.78 is 0. The van der Waals surface area contributed by atoms with E-state index >= 15 is 0 Å². The molecule has 0 aromatic carbocycles. The third kappa shape index (κ3) is 3.29. The molecule has 18 heavy (non-hydrogen) atoms. The van der Waals surface area contributed by atoms with E-state index in [1.165, 1.54) is 4.88 Å². The molecule has 100 valence electrons. The average Bonchev–Trinajstić information content (AvgIpc) is 2.82. The first-order chi connectivity index (χ1) is 8.43. The summed E-state index contributed by atoms with van der Waals surface area (Å²) in [6.07, 6.45) is 1.64. The fourth-order valence-corrected chi connectivity index (χ4v) is 2.65. The third-order valence-electron chi connectivity index (χ3n) is 3.24. The van der Waals surface area contributed by atoms with Gasteiger partial charge in [-0.15, -0.1) is 11.3 Å². The van der Waals surface area contributed by atoms with Crippen molar-refractivity contribution < 1.29 is 4.79 Å². The number of carbonyl (C=O) groups is 1. The summed E-state index contributed by atoms with van der Waals surface area (Å²) in [5.74, 6) is -0.0936. The Balaban J connectivity index is 2.62. The van der Waals surface area contributed by atoms with Crippen molar-refractivity contribution in [1.29, 1.82) is 0 Å². The number of aryl methyl sites for hydroxylation is 1. The van der Waals surface area contributed by atoms with E-state index in [1.54, 1.807) is 18.3 Å². The van der Waals surface area contributed by atoms with Gasteiger partial charge in [0.05, 0.1) is 16.9 Å². The fourth-order valence-electron chi connectivity index (χ4n) is 1.52. The lowest BCUT2D eigenvalue weighted by atomic mass is 9.86. The van der Waals surface area contributed by atoms with Crippen molar-refractivity contribution in [3.05, 3.63) is 21.9 Å². The lowest BCUT2D eigenvalue weighted by Crippen LogP contribution is -2.46. The fraction of sp³-hybridized carbons (Fsp3) is 0.538. The van der Waals surface area contributed by atoms with Gasteiger partial charge in [0.1, 0.15) is 0 Å². The minimum atomic E-state index is -0.750. The van der Waals surface area contributed by atoms with Gasteiger partial charge in [-0.25, -0.2) is 0 Å². The molecular formula is C13H20N2OS2. The van der Waals surface area contributed by atoms with Gasteiger partial charge in [-0.05, 0) is 31.9 Å². The highest BCUT2D eigenvalue weighted by atomic mass is 32.1. The van der Waals surface area contributed by atoms with Crippen molar-refractivity contribution in [3.63, 3.8) is 0 Å². The number of nitrogens with one attached hydrogen (secondary N) is 1. The molecule has 0 aliphatic rings. The van der Waals surface area contributed by atoms with Crippen LogP contribution in [0.2, 0.25) is 0 Å². The summed E-state index contributed by atoms with van der Waals surface area (Å²) in [7, 11) is 0. The average molecular weight is 284 g/mol. The first-order valence-electron chi connectivity index (χ1n) is 6.09. The van der Waals surface area contributed by atoms with E-state index in [-0.39, 0.29) is 10.9 Å². The van der Waals surface area contributed by atoms with Gasteiger partial charge in [0.2, 0.25) is 5.91 Å². The van der Waals surface area contributed by atoms with E-state index in [4.69, 9.17) is 18.0 Å². The highest BCUT2D eigenvalue weighted by Gasteiger charge is 2.34. The van der Waals surface area contributed by atoms with Gasteiger partial charge >= 0.3 is 0 Å². The zero-order valence-corrected chi connectivity index (χ0v) is 12.7. The second-order valence-corrected chi connectivity index (χ2v) is 6.15. The number of rotatable bonds is 6. The molecule has 1 heterocycles. The van der Waals surface area contributed by atoms with E-state index in [9.17, 15) is 4.79 Å². The van der Waals surface area contributed by atoms with Gasteiger partial charge in [0, 0.05) is 9.75 Å². The van der Waals surface area contributed by atoms with E-state index < -0.39 is 5.41 Å². The molecule has 1 atom stereocenters. The third-order valence-corrected chi connectivity index (χ3v) is 4.92. The van der Waals surface area contributed by atoms with Crippen LogP contribution >= 0.6 is 23.6 Å². The lowest BCUT2D eigenvalue weighted by Gasteiger charge is -2.25. The number of thiophene rings is 1. The molecular weight excluding hydrogens is 264 g/mol. The summed E-state index contributed by atoms with van der Waals surface area (Å²) in [6.45, 7) is 6.37. The molecule has 0 aliphatic carbocycles. The van der Waals surface area contributed by atoms with Crippen molar-refractivity contribution in [2.24, 2.45) is 11.1 Å². The van der Waals surface area contributed by atoms with Crippen molar-refractivity contribution in [2.75, 3.05) is 0 Å². The summed E-state index contributed by atoms with van der Waals surface area (Å²) in [5.41, 5.74) is 4.90. The predicted octanol–water partition coefficient (Wildman–Crippen LogP) is 2.63. The Morgan fingerprint density at radius 3 is 2.50 bits per heavy atom. The second kappa shape index (κ2) is 6.29. The van der Waals surface area contributed by atoms with Crippen LogP contribution in [0.25, 0.3) is 0 Å². The monoisotopic (exact) mass is 284 g/mol. The molecule has 0 aliphatic heterocycles. The van der Waals surface area contributed by atoms with Gasteiger partial charge in [-0.1, -0.05) is 26.1 Å². The molecule has 0 spiro atoms. The highest BCUT2D eigenvalue weighted by molar-refractivity contribution is 7.80. The van der Waals surface area contributed by atoms with Gasteiger partial charge in [0.25, 0.3) is 0 Å². The zero-order valence-electron chi connectivity index (χ0n) is 11.1. The summed E-state index contributed by atoms with van der Waals surface area (Å²) in [6, 6.07) is 4.15.